The van der Waals surface area contributed by atoms with E-state index in [0.29, 0.717) is 19.4 Å². The Morgan fingerprint density at radius 2 is 2.32 bits per heavy atom. The molecule has 1 unspecified atom stereocenters. The van der Waals surface area contributed by atoms with Crippen molar-refractivity contribution in [1.82, 2.24) is 14.1 Å². The summed E-state index contributed by atoms with van der Waals surface area (Å²) in [5, 5.41) is 3.88. The molecule has 1 aliphatic rings. The minimum atomic E-state index is -3.72. The van der Waals surface area contributed by atoms with Gasteiger partial charge >= 0.3 is 0 Å². The Bertz CT molecular complexity index is 601. The van der Waals surface area contributed by atoms with Gasteiger partial charge in [-0.25, -0.2) is 18.2 Å². The van der Waals surface area contributed by atoms with E-state index in [4.69, 9.17) is 11.6 Å². The molecule has 0 aromatic carbocycles. The van der Waals surface area contributed by atoms with E-state index in [0.717, 1.165) is 0 Å². The summed E-state index contributed by atoms with van der Waals surface area (Å²) < 4.78 is 27.5. The van der Waals surface area contributed by atoms with Gasteiger partial charge in [-0.2, -0.15) is 9.40 Å². The van der Waals surface area contributed by atoms with E-state index in [1.165, 1.54) is 28.3 Å². The molecule has 1 aromatic rings. The van der Waals surface area contributed by atoms with Crippen LogP contribution in [0.1, 0.15) is 12.8 Å². The summed E-state index contributed by atoms with van der Waals surface area (Å²) >= 11 is 5.87. The SMILES string of the molecule is Cn1ncc(Cl)c1S(=O)(=O)N1CCCC(N=C=O)C1. The van der Waals surface area contributed by atoms with Crippen LogP contribution in [0.5, 0.6) is 0 Å². The summed E-state index contributed by atoms with van der Waals surface area (Å²) in [5.74, 6) is 0. The van der Waals surface area contributed by atoms with Crippen LogP contribution in [0, 0.1) is 0 Å². The number of nitrogens with zero attached hydrogens (tertiary/aromatic N) is 4. The molecule has 19 heavy (non-hydrogen) atoms. The number of sulfonamides is 1. The van der Waals surface area contributed by atoms with E-state index in [1.54, 1.807) is 0 Å². The highest BCUT2D eigenvalue weighted by molar-refractivity contribution is 7.89. The van der Waals surface area contributed by atoms with E-state index < -0.39 is 10.0 Å². The standard InChI is InChI=1S/C10H13ClN4O3S/c1-14-10(9(11)5-13-14)19(17,18)15-4-2-3-8(6-15)12-7-16/h5,8H,2-4,6H2,1H3. The molecule has 0 aliphatic carbocycles. The zero-order valence-corrected chi connectivity index (χ0v) is 11.9. The van der Waals surface area contributed by atoms with E-state index in [-0.39, 0.29) is 22.6 Å². The third-order valence-corrected chi connectivity index (χ3v) is 5.39. The van der Waals surface area contributed by atoms with Gasteiger partial charge in [0, 0.05) is 20.1 Å². The topological polar surface area (TPSA) is 84.6 Å². The van der Waals surface area contributed by atoms with Gasteiger partial charge in [0.25, 0.3) is 10.0 Å². The number of isocyanates is 1. The third-order valence-electron chi connectivity index (χ3n) is 3.02. The Hall–Kier alpha value is -1.21. The normalized spacial score (nSPS) is 21.1. The lowest BCUT2D eigenvalue weighted by molar-refractivity contribution is 0.314. The van der Waals surface area contributed by atoms with E-state index in [1.807, 2.05) is 0 Å². The van der Waals surface area contributed by atoms with Crippen LogP contribution in [0.3, 0.4) is 0 Å². The van der Waals surface area contributed by atoms with Gasteiger partial charge in [-0.3, -0.25) is 4.68 Å². The fourth-order valence-electron chi connectivity index (χ4n) is 2.13. The molecule has 0 bridgehead atoms. The van der Waals surface area contributed by atoms with Crippen LogP contribution in [0.25, 0.3) is 0 Å². The van der Waals surface area contributed by atoms with E-state index in [9.17, 15) is 13.2 Å². The molecule has 2 rings (SSSR count). The Labute approximate surface area is 115 Å². The first-order valence-corrected chi connectivity index (χ1v) is 7.53. The Morgan fingerprint density at radius 3 is 2.89 bits per heavy atom. The van der Waals surface area contributed by atoms with Crippen molar-refractivity contribution < 1.29 is 13.2 Å². The molecule has 1 atom stereocenters. The van der Waals surface area contributed by atoms with Crippen molar-refractivity contribution in [2.75, 3.05) is 13.1 Å². The summed E-state index contributed by atoms with van der Waals surface area (Å²) in [5.41, 5.74) is 0. The molecule has 1 aliphatic heterocycles. The lowest BCUT2D eigenvalue weighted by atomic mass is 10.1. The molecular formula is C10H13ClN4O3S. The van der Waals surface area contributed by atoms with Crippen molar-refractivity contribution in [3.63, 3.8) is 0 Å². The van der Waals surface area contributed by atoms with Gasteiger partial charge in [0.05, 0.1) is 17.3 Å². The molecule has 1 fully saturated rings. The van der Waals surface area contributed by atoms with Gasteiger partial charge in [-0.05, 0) is 12.8 Å². The maximum Gasteiger partial charge on any atom is 0.261 e. The maximum atomic E-state index is 12.5. The van der Waals surface area contributed by atoms with E-state index >= 15 is 0 Å². The first-order valence-electron chi connectivity index (χ1n) is 5.71. The fourth-order valence-corrected chi connectivity index (χ4v) is 4.25. The molecule has 104 valence electrons. The molecule has 0 amide bonds. The molecule has 9 heteroatoms. The summed E-state index contributed by atoms with van der Waals surface area (Å²) in [6, 6.07) is -0.340. The molecule has 0 radical (unpaired) electrons. The number of aryl methyl sites for hydroxylation is 1. The lowest BCUT2D eigenvalue weighted by Gasteiger charge is -2.29. The van der Waals surface area contributed by atoms with Gasteiger partial charge < -0.3 is 0 Å². The summed E-state index contributed by atoms with van der Waals surface area (Å²) in [7, 11) is -2.20. The van der Waals surface area contributed by atoms with Gasteiger partial charge in [0.2, 0.25) is 6.08 Å². The summed E-state index contributed by atoms with van der Waals surface area (Å²) in [6.45, 7) is 0.549. The van der Waals surface area contributed by atoms with E-state index in [2.05, 4.69) is 10.1 Å². The Morgan fingerprint density at radius 1 is 1.58 bits per heavy atom. The molecule has 0 saturated carbocycles. The van der Waals surface area contributed by atoms with Crippen LogP contribution in [0.2, 0.25) is 5.02 Å². The van der Waals surface area contributed by atoms with Crippen LogP contribution in [-0.2, 0) is 21.9 Å². The van der Waals surface area contributed by atoms with Crippen LogP contribution in [-0.4, -0.2) is 47.7 Å². The van der Waals surface area contributed by atoms with Crippen LogP contribution < -0.4 is 0 Å². The molecular weight excluding hydrogens is 292 g/mol. The van der Waals surface area contributed by atoms with Crippen molar-refractivity contribution in [2.24, 2.45) is 12.0 Å². The molecule has 0 N–H and O–H groups in total. The van der Waals surface area contributed by atoms with Crippen molar-refractivity contribution >= 4 is 27.7 Å². The van der Waals surface area contributed by atoms with Crippen molar-refractivity contribution in [2.45, 2.75) is 23.9 Å². The molecule has 1 saturated heterocycles. The molecule has 2 heterocycles. The predicted octanol–water partition coefficient (Wildman–Crippen LogP) is 0.562. The first kappa shape index (κ1) is 14.2. The largest absolute Gasteiger partial charge is 0.261 e. The minimum Gasteiger partial charge on any atom is -0.255 e. The number of carbonyl (C=O) groups excluding carboxylic acids is 1. The van der Waals surface area contributed by atoms with Crippen molar-refractivity contribution in [3.8, 4) is 0 Å². The number of aliphatic imine (C=N–C) groups is 1. The zero-order chi connectivity index (χ0) is 14.0. The number of rotatable bonds is 3. The maximum absolute atomic E-state index is 12.5. The summed E-state index contributed by atoms with van der Waals surface area (Å²) in [4.78, 5) is 13.9. The smallest absolute Gasteiger partial charge is 0.255 e. The zero-order valence-electron chi connectivity index (χ0n) is 10.3. The number of piperidine rings is 1. The minimum absolute atomic E-state index is 0.0371. The second-order valence-electron chi connectivity index (χ2n) is 4.30. The second-order valence-corrected chi connectivity index (χ2v) is 6.56. The Kier molecular flexibility index (Phi) is 4.05. The quantitative estimate of drug-likeness (QED) is 0.603. The van der Waals surface area contributed by atoms with Gasteiger partial charge in [-0.1, -0.05) is 11.6 Å². The average Bonchev–Trinajstić information content (AvgIpc) is 2.70. The fraction of sp³-hybridized carbons (Fsp3) is 0.600. The van der Waals surface area contributed by atoms with Crippen molar-refractivity contribution in [3.05, 3.63) is 11.2 Å². The number of hydrogen-bond donors (Lipinski definition) is 0. The number of aromatic nitrogens is 2. The van der Waals surface area contributed by atoms with Gasteiger partial charge in [0.15, 0.2) is 5.03 Å². The highest BCUT2D eigenvalue weighted by Gasteiger charge is 2.33. The van der Waals surface area contributed by atoms with Gasteiger partial charge in [0.1, 0.15) is 0 Å². The third kappa shape index (κ3) is 2.71. The second kappa shape index (κ2) is 5.42. The van der Waals surface area contributed by atoms with Gasteiger partial charge in [-0.15, -0.1) is 0 Å². The predicted molar refractivity (Wildman–Crippen MR) is 68.1 cm³/mol. The molecule has 0 spiro atoms. The highest BCUT2D eigenvalue weighted by Crippen LogP contribution is 2.26. The van der Waals surface area contributed by atoms with Crippen LogP contribution in [0.15, 0.2) is 16.2 Å². The van der Waals surface area contributed by atoms with Crippen LogP contribution >= 0.6 is 11.6 Å². The summed E-state index contributed by atoms with van der Waals surface area (Å²) in [6.07, 6.45) is 4.09. The lowest BCUT2D eigenvalue weighted by Crippen LogP contribution is -2.42. The van der Waals surface area contributed by atoms with Crippen molar-refractivity contribution in [1.29, 1.82) is 0 Å². The van der Waals surface area contributed by atoms with Crippen LogP contribution in [0.4, 0.5) is 0 Å². The Balaban J connectivity index is 2.32. The first-order chi connectivity index (χ1) is 8.96. The number of halogens is 1. The highest BCUT2D eigenvalue weighted by atomic mass is 35.5. The monoisotopic (exact) mass is 304 g/mol. The molecule has 1 aromatic heterocycles. The average molecular weight is 305 g/mol. The molecule has 7 nitrogen and oxygen atoms in total. The number of hydrogen-bond acceptors (Lipinski definition) is 5.